The summed E-state index contributed by atoms with van der Waals surface area (Å²) in [6.07, 6.45) is -0.316. The normalized spacial score (nSPS) is 12.2. The van der Waals surface area contributed by atoms with Crippen molar-refractivity contribution in [2.24, 2.45) is 7.05 Å². The van der Waals surface area contributed by atoms with Gasteiger partial charge in [-0.15, -0.1) is 10.2 Å². The van der Waals surface area contributed by atoms with Crippen molar-refractivity contribution in [3.8, 4) is 5.75 Å². The summed E-state index contributed by atoms with van der Waals surface area (Å²) >= 11 is 13.7. The Labute approximate surface area is 178 Å². The van der Waals surface area contributed by atoms with Crippen LogP contribution in [0.3, 0.4) is 0 Å². The summed E-state index contributed by atoms with van der Waals surface area (Å²) in [7, 11) is 1.86. The molecule has 8 heteroatoms. The molecule has 0 radical (unpaired) electrons. The van der Waals surface area contributed by atoms with Crippen LogP contribution < -0.4 is 4.74 Å². The largest absolute Gasteiger partial charge is 0.483 e. The molecule has 0 fully saturated rings. The molecule has 3 aromatic rings. The average molecular weight is 440 g/mol. The summed E-state index contributed by atoms with van der Waals surface area (Å²) in [6, 6.07) is 8.46. The van der Waals surface area contributed by atoms with E-state index >= 15 is 0 Å². The quantitative estimate of drug-likeness (QED) is 0.421. The SMILES string of the molecule is Cc1cc(OC(C)c2nnc(SCc3c(F)cccc3Cl)n2C)cc(C)c1Cl. The van der Waals surface area contributed by atoms with E-state index < -0.39 is 0 Å². The third-order valence-electron chi connectivity index (χ3n) is 4.36. The van der Waals surface area contributed by atoms with Crippen LogP contribution in [-0.2, 0) is 12.8 Å². The first-order valence-electron chi connectivity index (χ1n) is 8.66. The maximum Gasteiger partial charge on any atom is 0.191 e. The molecule has 28 heavy (non-hydrogen) atoms. The van der Waals surface area contributed by atoms with Gasteiger partial charge in [-0.25, -0.2) is 4.39 Å². The highest BCUT2D eigenvalue weighted by Crippen LogP contribution is 2.31. The topological polar surface area (TPSA) is 39.9 Å². The summed E-state index contributed by atoms with van der Waals surface area (Å²) in [5.74, 6) is 1.43. The lowest BCUT2D eigenvalue weighted by Crippen LogP contribution is -2.10. The van der Waals surface area contributed by atoms with E-state index in [4.69, 9.17) is 27.9 Å². The number of hydrogen-bond acceptors (Lipinski definition) is 4. The Morgan fingerprint density at radius 2 is 1.86 bits per heavy atom. The lowest BCUT2D eigenvalue weighted by atomic mass is 10.1. The summed E-state index contributed by atoms with van der Waals surface area (Å²) in [4.78, 5) is 0. The molecule has 0 bridgehead atoms. The first-order chi connectivity index (χ1) is 13.3. The lowest BCUT2D eigenvalue weighted by molar-refractivity contribution is 0.211. The van der Waals surface area contributed by atoms with Crippen LogP contribution in [0, 0.1) is 19.7 Å². The van der Waals surface area contributed by atoms with Crippen molar-refractivity contribution in [1.29, 1.82) is 0 Å². The number of halogens is 3. The van der Waals surface area contributed by atoms with Gasteiger partial charge in [0, 0.05) is 28.4 Å². The molecule has 2 aromatic carbocycles. The zero-order valence-electron chi connectivity index (χ0n) is 16.0. The van der Waals surface area contributed by atoms with Gasteiger partial charge in [-0.05, 0) is 56.2 Å². The van der Waals surface area contributed by atoms with E-state index in [2.05, 4.69) is 10.2 Å². The highest BCUT2D eigenvalue weighted by atomic mass is 35.5. The van der Waals surface area contributed by atoms with Gasteiger partial charge in [0.25, 0.3) is 0 Å². The maximum absolute atomic E-state index is 14.0. The third kappa shape index (κ3) is 4.45. The van der Waals surface area contributed by atoms with Crippen LogP contribution in [-0.4, -0.2) is 14.8 Å². The Hall–Kier alpha value is -1.76. The van der Waals surface area contributed by atoms with Gasteiger partial charge in [0.05, 0.1) is 0 Å². The number of thioether (sulfide) groups is 1. The minimum atomic E-state index is -0.326. The van der Waals surface area contributed by atoms with E-state index in [0.717, 1.165) is 21.9 Å². The number of benzene rings is 2. The smallest absolute Gasteiger partial charge is 0.191 e. The van der Waals surface area contributed by atoms with E-state index in [9.17, 15) is 4.39 Å². The van der Waals surface area contributed by atoms with Crippen LogP contribution in [0.1, 0.15) is 35.5 Å². The molecule has 0 N–H and O–H groups in total. The second-order valence-corrected chi connectivity index (χ2v) is 8.25. The fraction of sp³-hybridized carbons (Fsp3) is 0.300. The Morgan fingerprint density at radius 1 is 1.18 bits per heavy atom. The highest BCUT2D eigenvalue weighted by molar-refractivity contribution is 7.98. The van der Waals surface area contributed by atoms with E-state index in [1.54, 1.807) is 12.1 Å². The van der Waals surface area contributed by atoms with Crippen LogP contribution in [0.25, 0.3) is 0 Å². The molecular formula is C20H20Cl2FN3OS. The van der Waals surface area contributed by atoms with Crippen LogP contribution in [0.2, 0.25) is 10.0 Å². The highest BCUT2D eigenvalue weighted by Gasteiger charge is 2.19. The summed E-state index contributed by atoms with van der Waals surface area (Å²) < 4.78 is 21.8. The zero-order chi connectivity index (χ0) is 20.4. The van der Waals surface area contributed by atoms with Gasteiger partial charge < -0.3 is 9.30 Å². The Morgan fingerprint density at radius 3 is 2.50 bits per heavy atom. The second-order valence-electron chi connectivity index (χ2n) is 6.52. The van der Waals surface area contributed by atoms with Crippen LogP contribution in [0.4, 0.5) is 4.39 Å². The zero-order valence-corrected chi connectivity index (χ0v) is 18.3. The van der Waals surface area contributed by atoms with E-state index in [0.29, 0.717) is 27.3 Å². The summed E-state index contributed by atoms with van der Waals surface area (Å²) in [5, 5.41) is 10.3. The van der Waals surface area contributed by atoms with Gasteiger partial charge in [-0.2, -0.15) is 0 Å². The molecule has 0 aliphatic rings. The molecule has 0 saturated carbocycles. The molecule has 1 heterocycles. The van der Waals surface area contributed by atoms with Crippen molar-refractivity contribution in [3.63, 3.8) is 0 Å². The molecule has 1 aromatic heterocycles. The summed E-state index contributed by atoms with van der Waals surface area (Å²) in [6.45, 7) is 5.79. The number of aryl methyl sites for hydroxylation is 2. The third-order valence-corrected chi connectivity index (χ3v) is 6.36. The van der Waals surface area contributed by atoms with Crippen molar-refractivity contribution < 1.29 is 9.13 Å². The van der Waals surface area contributed by atoms with Gasteiger partial charge in [-0.1, -0.05) is 41.0 Å². The number of aromatic nitrogens is 3. The predicted molar refractivity (Wildman–Crippen MR) is 112 cm³/mol. The molecule has 4 nitrogen and oxygen atoms in total. The monoisotopic (exact) mass is 439 g/mol. The van der Waals surface area contributed by atoms with Crippen molar-refractivity contribution in [2.45, 2.75) is 37.8 Å². The van der Waals surface area contributed by atoms with E-state index in [1.807, 2.05) is 44.5 Å². The molecule has 0 amide bonds. The fourth-order valence-corrected chi connectivity index (χ4v) is 4.21. The Balaban J connectivity index is 1.73. The second kappa shape index (κ2) is 8.72. The van der Waals surface area contributed by atoms with Gasteiger partial charge in [0.1, 0.15) is 11.6 Å². The average Bonchev–Trinajstić information content (AvgIpc) is 3.00. The molecule has 3 rings (SSSR count). The minimum absolute atomic E-state index is 0.316. The van der Waals surface area contributed by atoms with Crippen LogP contribution in [0.5, 0.6) is 5.75 Å². The van der Waals surface area contributed by atoms with E-state index in [-0.39, 0.29) is 11.9 Å². The first kappa shape index (κ1) is 21.0. The molecule has 0 spiro atoms. The molecule has 0 aliphatic heterocycles. The number of rotatable bonds is 6. The van der Waals surface area contributed by atoms with Gasteiger partial charge >= 0.3 is 0 Å². The van der Waals surface area contributed by atoms with Crippen molar-refractivity contribution >= 4 is 35.0 Å². The van der Waals surface area contributed by atoms with Crippen LogP contribution >= 0.6 is 35.0 Å². The lowest BCUT2D eigenvalue weighted by Gasteiger charge is -2.16. The molecule has 1 unspecified atom stereocenters. The first-order valence-corrected chi connectivity index (χ1v) is 10.4. The molecule has 1 atom stereocenters. The van der Waals surface area contributed by atoms with Crippen molar-refractivity contribution in [3.05, 3.63) is 68.7 Å². The number of hydrogen-bond donors (Lipinski definition) is 0. The summed E-state index contributed by atoms with van der Waals surface area (Å²) in [5.41, 5.74) is 2.37. The Kier molecular flexibility index (Phi) is 6.53. The Bertz CT molecular complexity index is 966. The number of ether oxygens (including phenoxy) is 1. The van der Waals surface area contributed by atoms with Gasteiger partial charge in [0.2, 0.25) is 0 Å². The fourth-order valence-electron chi connectivity index (χ4n) is 2.84. The van der Waals surface area contributed by atoms with Gasteiger partial charge in [-0.3, -0.25) is 0 Å². The molecule has 148 valence electrons. The van der Waals surface area contributed by atoms with Gasteiger partial charge in [0.15, 0.2) is 17.1 Å². The van der Waals surface area contributed by atoms with E-state index in [1.165, 1.54) is 17.8 Å². The standard InChI is InChI=1S/C20H20Cl2FN3OS/c1-11-8-14(9-12(2)18(11)22)27-13(3)19-24-25-20(26(19)4)28-10-15-16(21)6-5-7-17(15)23/h5-9,13H,10H2,1-4H3. The predicted octanol–water partition coefficient (Wildman–Crippen LogP) is 6.31. The van der Waals surface area contributed by atoms with Crippen molar-refractivity contribution in [2.75, 3.05) is 0 Å². The van der Waals surface area contributed by atoms with Crippen LogP contribution in [0.15, 0.2) is 35.5 Å². The molecule has 0 aliphatic carbocycles. The molecule has 0 saturated heterocycles. The maximum atomic E-state index is 14.0. The van der Waals surface area contributed by atoms with Crippen molar-refractivity contribution in [1.82, 2.24) is 14.8 Å². The minimum Gasteiger partial charge on any atom is -0.483 e. The number of nitrogens with zero attached hydrogens (tertiary/aromatic N) is 3. The molecular weight excluding hydrogens is 420 g/mol.